The lowest BCUT2D eigenvalue weighted by Gasteiger charge is -2.28. The molecular formula is C53H35N5. The van der Waals surface area contributed by atoms with E-state index in [1.54, 1.807) is 0 Å². The molecule has 0 fully saturated rings. The maximum Gasteiger partial charge on any atom is 0.164 e. The molecule has 10 aromatic rings. The minimum absolute atomic E-state index is 0.620. The van der Waals surface area contributed by atoms with Gasteiger partial charge in [-0.1, -0.05) is 158 Å². The van der Waals surface area contributed by atoms with Gasteiger partial charge < -0.3 is 9.47 Å². The Labute approximate surface area is 336 Å². The summed E-state index contributed by atoms with van der Waals surface area (Å²) in [4.78, 5) is 17.4. The Hall–Kier alpha value is -7.89. The number of nitrogens with zero attached hydrogens (tertiary/aromatic N) is 5. The van der Waals surface area contributed by atoms with Gasteiger partial charge in [0.2, 0.25) is 0 Å². The molecule has 5 nitrogen and oxygen atoms in total. The molecule has 1 aliphatic rings. The summed E-state index contributed by atoms with van der Waals surface area (Å²) >= 11 is 0. The minimum Gasteiger partial charge on any atom is -0.309 e. The van der Waals surface area contributed by atoms with E-state index in [1.165, 1.54) is 21.8 Å². The van der Waals surface area contributed by atoms with Crippen LogP contribution >= 0.6 is 0 Å². The van der Waals surface area contributed by atoms with Gasteiger partial charge in [0.15, 0.2) is 17.5 Å². The lowest BCUT2D eigenvalue weighted by Crippen LogP contribution is -2.12. The van der Waals surface area contributed by atoms with Gasteiger partial charge in [0, 0.05) is 38.8 Å². The number of aromatic nitrogens is 4. The van der Waals surface area contributed by atoms with Crippen molar-refractivity contribution in [3.63, 3.8) is 0 Å². The van der Waals surface area contributed by atoms with Crippen molar-refractivity contribution in [3.8, 4) is 51.0 Å². The molecule has 11 rings (SSSR count). The molecule has 58 heavy (non-hydrogen) atoms. The summed E-state index contributed by atoms with van der Waals surface area (Å²) in [7, 11) is 0. The molecule has 1 aliphatic heterocycles. The monoisotopic (exact) mass is 741 g/mol. The standard InChI is InChI=1S/C53H35N5/c1-4-16-37(17-5-1)51-54-52(38-18-6-2-7-19-38)56-53(55-51)42-20-14-23-44(34-42)58-47-25-12-10-15-36(47)27-28-41-33-39(30-32-48(41)58)40-29-31-46-45-24-11-13-26-49(45)57(50(46)35-40)43-21-8-3-9-22-43/h1-35H. The van der Waals surface area contributed by atoms with E-state index in [-0.39, 0.29) is 0 Å². The molecule has 0 radical (unpaired) electrons. The molecule has 0 N–H and O–H groups in total. The van der Waals surface area contributed by atoms with Crippen LogP contribution in [-0.2, 0) is 0 Å². The molecule has 272 valence electrons. The van der Waals surface area contributed by atoms with Crippen molar-refractivity contribution in [1.29, 1.82) is 0 Å². The summed E-state index contributed by atoms with van der Waals surface area (Å²) in [5, 5.41) is 2.49. The van der Waals surface area contributed by atoms with Gasteiger partial charge >= 0.3 is 0 Å². The summed E-state index contributed by atoms with van der Waals surface area (Å²) in [6, 6.07) is 70.3. The molecule has 0 spiro atoms. The zero-order valence-electron chi connectivity index (χ0n) is 31.4. The van der Waals surface area contributed by atoms with Crippen LogP contribution in [0.4, 0.5) is 17.1 Å². The predicted molar refractivity (Wildman–Crippen MR) is 240 cm³/mol. The second-order valence-corrected chi connectivity index (χ2v) is 14.5. The Morgan fingerprint density at radius 3 is 1.60 bits per heavy atom. The van der Waals surface area contributed by atoms with Gasteiger partial charge in [0.25, 0.3) is 0 Å². The third kappa shape index (κ3) is 5.85. The van der Waals surface area contributed by atoms with E-state index in [1.807, 2.05) is 60.7 Å². The predicted octanol–water partition coefficient (Wildman–Crippen LogP) is 13.6. The van der Waals surface area contributed by atoms with E-state index in [9.17, 15) is 0 Å². The highest BCUT2D eigenvalue weighted by molar-refractivity contribution is 6.10. The van der Waals surface area contributed by atoms with Crippen LogP contribution < -0.4 is 4.90 Å². The number of hydrogen-bond donors (Lipinski definition) is 0. The molecule has 0 saturated heterocycles. The highest BCUT2D eigenvalue weighted by Gasteiger charge is 2.22. The fraction of sp³-hybridized carbons (Fsp3) is 0. The zero-order chi connectivity index (χ0) is 38.4. The van der Waals surface area contributed by atoms with Crippen molar-refractivity contribution in [1.82, 2.24) is 19.5 Å². The SMILES string of the molecule is C1=Cc2cc(-c3ccc4c5ccccc5n(-c5ccccc5)c4c3)ccc2N(c2cccc(-c3nc(-c4ccccc4)nc(-c4ccccc4)n3)c2)c2ccccc21. The van der Waals surface area contributed by atoms with Crippen LogP contribution in [0.1, 0.15) is 11.1 Å². The van der Waals surface area contributed by atoms with E-state index in [2.05, 4.69) is 161 Å². The third-order valence-corrected chi connectivity index (χ3v) is 11.0. The highest BCUT2D eigenvalue weighted by atomic mass is 15.1. The molecule has 0 unspecified atom stereocenters. The number of anilines is 3. The van der Waals surface area contributed by atoms with E-state index >= 15 is 0 Å². The summed E-state index contributed by atoms with van der Waals surface area (Å²) < 4.78 is 2.38. The summed E-state index contributed by atoms with van der Waals surface area (Å²) in [6.07, 6.45) is 4.47. The molecule has 5 heteroatoms. The van der Waals surface area contributed by atoms with E-state index in [0.717, 1.165) is 61.7 Å². The Morgan fingerprint density at radius 2 is 0.845 bits per heavy atom. The highest BCUT2D eigenvalue weighted by Crippen LogP contribution is 2.44. The number of para-hydroxylation sites is 3. The Bertz CT molecular complexity index is 3110. The van der Waals surface area contributed by atoms with E-state index in [0.29, 0.717) is 17.5 Å². The van der Waals surface area contributed by atoms with Crippen molar-refractivity contribution in [2.45, 2.75) is 0 Å². The topological polar surface area (TPSA) is 46.8 Å². The minimum atomic E-state index is 0.620. The van der Waals surface area contributed by atoms with Crippen LogP contribution in [0.2, 0.25) is 0 Å². The quantitative estimate of drug-likeness (QED) is 0.170. The summed E-state index contributed by atoms with van der Waals surface area (Å²) in [5.41, 5.74) is 14.1. The van der Waals surface area contributed by atoms with Gasteiger partial charge in [-0.25, -0.2) is 15.0 Å². The van der Waals surface area contributed by atoms with Gasteiger partial charge in [-0.15, -0.1) is 0 Å². The van der Waals surface area contributed by atoms with Gasteiger partial charge in [-0.3, -0.25) is 0 Å². The van der Waals surface area contributed by atoms with Crippen LogP contribution in [0, 0.1) is 0 Å². The smallest absolute Gasteiger partial charge is 0.164 e. The van der Waals surface area contributed by atoms with E-state index in [4.69, 9.17) is 15.0 Å². The Morgan fingerprint density at radius 1 is 0.310 bits per heavy atom. The lowest BCUT2D eigenvalue weighted by molar-refractivity contribution is 1.07. The second-order valence-electron chi connectivity index (χ2n) is 14.5. The largest absolute Gasteiger partial charge is 0.309 e. The van der Waals surface area contributed by atoms with Crippen molar-refractivity contribution in [2.24, 2.45) is 0 Å². The molecule has 8 aromatic carbocycles. The molecule has 2 aromatic heterocycles. The average molecular weight is 742 g/mol. The molecule has 0 saturated carbocycles. The summed E-state index contributed by atoms with van der Waals surface area (Å²) in [5.74, 6) is 1.90. The fourth-order valence-electron chi connectivity index (χ4n) is 8.22. The molecule has 0 bridgehead atoms. The first-order valence-electron chi connectivity index (χ1n) is 19.5. The molecule has 3 heterocycles. The maximum absolute atomic E-state index is 5.04. The maximum atomic E-state index is 5.04. The molecule has 0 aliphatic carbocycles. The van der Waals surface area contributed by atoms with Crippen LogP contribution in [-0.4, -0.2) is 19.5 Å². The lowest BCUT2D eigenvalue weighted by atomic mass is 9.99. The number of fused-ring (bicyclic) bond motifs is 5. The van der Waals surface area contributed by atoms with Gasteiger partial charge in [0.05, 0.1) is 22.4 Å². The first kappa shape index (κ1) is 33.4. The van der Waals surface area contributed by atoms with Crippen molar-refractivity contribution in [2.75, 3.05) is 4.90 Å². The van der Waals surface area contributed by atoms with Gasteiger partial charge in [-0.05, 0) is 76.9 Å². The molecule has 0 atom stereocenters. The number of hydrogen-bond acceptors (Lipinski definition) is 4. The fourth-order valence-corrected chi connectivity index (χ4v) is 8.22. The van der Waals surface area contributed by atoms with Gasteiger partial charge in [-0.2, -0.15) is 0 Å². The zero-order valence-corrected chi connectivity index (χ0v) is 31.4. The third-order valence-electron chi connectivity index (χ3n) is 11.0. The molecule has 0 amide bonds. The average Bonchev–Trinajstić information content (AvgIpc) is 3.53. The first-order chi connectivity index (χ1) is 28.7. The van der Waals surface area contributed by atoms with Crippen molar-refractivity contribution >= 4 is 51.0 Å². The van der Waals surface area contributed by atoms with Crippen LogP contribution in [0.5, 0.6) is 0 Å². The van der Waals surface area contributed by atoms with Crippen LogP contribution in [0.3, 0.4) is 0 Å². The number of rotatable bonds is 6. The van der Waals surface area contributed by atoms with Crippen molar-refractivity contribution < 1.29 is 0 Å². The molecular weight excluding hydrogens is 707 g/mol. The second kappa shape index (κ2) is 14.0. The first-order valence-corrected chi connectivity index (χ1v) is 19.5. The van der Waals surface area contributed by atoms with Crippen molar-refractivity contribution in [3.05, 3.63) is 211 Å². The van der Waals surface area contributed by atoms with E-state index < -0.39 is 0 Å². The number of benzene rings is 8. The Kier molecular flexibility index (Phi) is 8.07. The normalized spacial score (nSPS) is 12.0. The van der Waals surface area contributed by atoms with Gasteiger partial charge in [0.1, 0.15) is 0 Å². The Balaban J connectivity index is 1.04. The van der Waals surface area contributed by atoms with Crippen LogP contribution in [0.15, 0.2) is 200 Å². The summed E-state index contributed by atoms with van der Waals surface area (Å²) in [6.45, 7) is 0. The van der Waals surface area contributed by atoms with Crippen LogP contribution in [0.25, 0.3) is 84.9 Å².